The fourth-order valence-electron chi connectivity index (χ4n) is 8.88. The number of hydrogen-bond donors (Lipinski definition) is 0. The average Bonchev–Trinajstić information content (AvgIpc) is 3.65. The zero-order chi connectivity index (χ0) is 33.2. The van der Waals surface area contributed by atoms with Gasteiger partial charge in [0.2, 0.25) is 0 Å². The lowest BCUT2D eigenvalue weighted by atomic mass is 9.85. The first-order valence-corrected chi connectivity index (χ1v) is 18.9. The van der Waals surface area contributed by atoms with Crippen molar-refractivity contribution >= 4 is 10.8 Å². The van der Waals surface area contributed by atoms with Crippen LogP contribution in [0.3, 0.4) is 0 Å². The van der Waals surface area contributed by atoms with Crippen molar-refractivity contribution in [2.24, 2.45) is 0 Å². The highest BCUT2D eigenvalue weighted by Crippen LogP contribution is 2.49. The van der Waals surface area contributed by atoms with Crippen molar-refractivity contribution in [2.75, 3.05) is 0 Å². The van der Waals surface area contributed by atoms with Gasteiger partial charge in [-0.2, -0.15) is 0 Å². The minimum absolute atomic E-state index is 0.496. The Bertz CT molecular complexity index is 1650. The minimum atomic E-state index is 0.496. The quantitative estimate of drug-likeness (QED) is 0.0842. The Morgan fingerprint density at radius 2 is 0.915 bits per heavy atom. The van der Waals surface area contributed by atoms with Gasteiger partial charge < -0.3 is 0 Å². The summed E-state index contributed by atoms with van der Waals surface area (Å²) >= 11 is 0. The second kappa shape index (κ2) is 14.2. The molecule has 47 heavy (non-hydrogen) atoms. The van der Waals surface area contributed by atoms with Gasteiger partial charge in [0.05, 0.1) is 22.8 Å². The van der Waals surface area contributed by atoms with E-state index in [0.29, 0.717) is 23.7 Å². The molecular formula is C45H56N2. The number of hydrogen-bond acceptors (Lipinski definition) is 0. The lowest BCUT2D eigenvalue weighted by Gasteiger charge is -2.26. The van der Waals surface area contributed by atoms with E-state index in [1.807, 2.05) is 0 Å². The molecule has 0 saturated heterocycles. The molecule has 0 amide bonds. The van der Waals surface area contributed by atoms with Gasteiger partial charge in [-0.3, -0.25) is 9.13 Å². The summed E-state index contributed by atoms with van der Waals surface area (Å²) in [6, 6.07) is 28.1. The summed E-state index contributed by atoms with van der Waals surface area (Å²) in [5.74, 6) is 1.98. The average molecular weight is 625 g/mol. The van der Waals surface area contributed by atoms with Crippen molar-refractivity contribution in [3.05, 3.63) is 101 Å². The van der Waals surface area contributed by atoms with E-state index in [9.17, 15) is 0 Å². The van der Waals surface area contributed by atoms with Crippen molar-refractivity contribution in [1.29, 1.82) is 0 Å². The Balaban J connectivity index is 1.81. The molecule has 0 N–H and O–H groups in total. The summed E-state index contributed by atoms with van der Waals surface area (Å²) < 4.78 is 5.07. The maximum Gasteiger partial charge on any atom is 0.269 e. The molecule has 1 aliphatic carbocycles. The summed E-state index contributed by atoms with van der Waals surface area (Å²) in [6.45, 7) is 18.9. The fourth-order valence-corrected chi connectivity index (χ4v) is 8.88. The summed E-state index contributed by atoms with van der Waals surface area (Å²) in [5.41, 5.74) is 13.9. The van der Waals surface area contributed by atoms with Crippen LogP contribution in [0.4, 0.5) is 0 Å². The van der Waals surface area contributed by atoms with Crippen LogP contribution in [-0.4, -0.2) is 4.57 Å². The van der Waals surface area contributed by atoms with Crippen LogP contribution >= 0.6 is 0 Å². The van der Waals surface area contributed by atoms with Crippen molar-refractivity contribution in [3.8, 4) is 33.9 Å². The normalized spacial score (nSPS) is 12.4. The standard InChI is InChI=1S/C45H56N2/c1-9-30(10-2)35-23-19-24-36(31(11-3)12-4)42(35)46-29-47(45-40-28-18-22-34-21-17-27-39(41(34)40)44(45)46)43-37(32(13-5)14-6)25-20-26-38(43)33(15-7)16-8/h17-28,30-33H,9-16H2,1-8H3. The Labute approximate surface area is 284 Å². The van der Waals surface area contributed by atoms with Crippen LogP contribution in [-0.2, 0) is 0 Å². The first-order valence-electron chi connectivity index (χ1n) is 18.9. The Morgan fingerprint density at radius 1 is 0.511 bits per heavy atom. The summed E-state index contributed by atoms with van der Waals surface area (Å²) in [7, 11) is 0. The zero-order valence-electron chi connectivity index (χ0n) is 30.3. The molecule has 2 heteroatoms. The molecule has 0 atom stereocenters. The Kier molecular flexibility index (Phi) is 10.1. The van der Waals surface area contributed by atoms with Gasteiger partial charge in [0.1, 0.15) is 0 Å². The van der Waals surface area contributed by atoms with E-state index in [-0.39, 0.29) is 0 Å². The third-order valence-corrected chi connectivity index (χ3v) is 11.6. The smallest absolute Gasteiger partial charge is 0.269 e. The summed E-state index contributed by atoms with van der Waals surface area (Å²) in [5, 5.41) is 2.70. The molecule has 0 bridgehead atoms. The van der Waals surface area contributed by atoms with Crippen molar-refractivity contribution in [2.45, 2.75) is 130 Å². The highest BCUT2D eigenvalue weighted by Gasteiger charge is 2.34. The number of aromatic nitrogens is 2. The van der Waals surface area contributed by atoms with E-state index in [2.05, 4.69) is 144 Å². The second-order valence-corrected chi connectivity index (χ2v) is 13.8. The van der Waals surface area contributed by atoms with E-state index >= 15 is 0 Å². The number of fused-ring (bicyclic) bond motifs is 3. The largest absolute Gasteiger partial charge is 0.291 e. The molecule has 2 nitrogen and oxygen atoms in total. The van der Waals surface area contributed by atoms with Gasteiger partial charge in [0.25, 0.3) is 6.33 Å². The Morgan fingerprint density at radius 3 is 1.38 bits per heavy atom. The van der Waals surface area contributed by atoms with Crippen LogP contribution in [0, 0.1) is 6.33 Å². The molecule has 6 rings (SSSR count). The predicted molar refractivity (Wildman–Crippen MR) is 201 cm³/mol. The molecule has 246 valence electrons. The van der Waals surface area contributed by atoms with Gasteiger partial charge in [-0.05, 0) is 119 Å². The predicted octanol–water partition coefficient (Wildman–Crippen LogP) is 13.0. The molecule has 0 unspecified atom stereocenters. The van der Waals surface area contributed by atoms with Crippen molar-refractivity contribution in [3.63, 3.8) is 0 Å². The van der Waals surface area contributed by atoms with Gasteiger partial charge in [-0.25, -0.2) is 0 Å². The van der Waals surface area contributed by atoms with E-state index in [0.717, 1.165) is 51.4 Å². The topological polar surface area (TPSA) is 8.81 Å². The summed E-state index contributed by atoms with van der Waals surface area (Å²) in [6.07, 6.45) is 13.2. The van der Waals surface area contributed by atoms with Gasteiger partial charge in [0, 0.05) is 0 Å². The third-order valence-electron chi connectivity index (χ3n) is 11.6. The maximum absolute atomic E-state index is 4.18. The van der Waals surface area contributed by atoms with E-state index in [1.165, 1.54) is 66.9 Å². The molecule has 5 aromatic rings. The lowest BCUT2D eigenvalue weighted by Crippen LogP contribution is -2.35. The van der Waals surface area contributed by atoms with E-state index in [4.69, 9.17) is 0 Å². The van der Waals surface area contributed by atoms with Gasteiger partial charge in [-0.15, -0.1) is 0 Å². The fraction of sp³-hybridized carbons (Fsp3) is 0.444. The zero-order valence-corrected chi connectivity index (χ0v) is 30.3. The van der Waals surface area contributed by atoms with Crippen LogP contribution in [0.15, 0.2) is 72.8 Å². The van der Waals surface area contributed by atoms with Crippen LogP contribution in [0.5, 0.6) is 0 Å². The second-order valence-electron chi connectivity index (χ2n) is 13.8. The molecular weight excluding hydrogens is 569 g/mol. The molecule has 0 radical (unpaired) electrons. The first-order chi connectivity index (χ1) is 23.0. The number of para-hydroxylation sites is 2. The minimum Gasteiger partial charge on any atom is -0.291 e. The number of rotatable bonds is 14. The SMILES string of the molecule is CCC(CC)c1cccc(C(CC)CC)c1-n1[c-][n+](-c2c(C(CC)CC)cccc2C(CC)CC)c2c1-c1cccc3cccc-2c13. The molecule has 0 fully saturated rings. The third kappa shape index (κ3) is 5.46. The van der Waals surface area contributed by atoms with E-state index in [1.54, 1.807) is 0 Å². The molecule has 0 spiro atoms. The van der Waals surface area contributed by atoms with Crippen LogP contribution in [0.2, 0.25) is 0 Å². The number of imidazole rings is 1. The monoisotopic (exact) mass is 624 g/mol. The molecule has 0 aliphatic heterocycles. The van der Waals surface area contributed by atoms with Crippen LogP contribution in [0.25, 0.3) is 44.7 Å². The Hall–Kier alpha value is -3.65. The maximum atomic E-state index is 4.18. The van der Waals surface area contributed by atoms with Crippen LogP contribution < -0.4 is 4.57 Å². The van der Waals surface area contributed by atoms with Crippen LogP contribution in [0.1, 0.15) is 153 Å². The van der Waals surface area contributed by atoms with Gasteiger partial charge in [0.15, 0.2) is 0 Å². The highest BCUT2D eigenvalue weighted by atomic mass is 15.2. The molecule has 1 heterocycles. The molecule has 0 saturated carbocycles. The lowest BCUT2D eigenvalue weighted by molar-refractivity contribution is -0.589. The molecule has 1 aliphatic rings. The molecule has 4 aromatic carbocycles. The van der Waals surface area contributed by atoms with Gasteiger partial charge in [-0.1, -0.05) is 128 Å². The first kappa shape index (κ1) is 33.3. The number of nitrogens with zero attached hydrogens (tertiary/aromatic N) is 2. The van der Waals surface area contributed by atoms with Crippen molar-refractivity contribution in [1.82, 2.24) is 4.57 Å². The summed E-state index contributed by atoms with van der Waals surface area (Å²) in [4.78, 5) is 0. The van der Waals surface area contributed by atoms with E-state index < -0.39 is 0 Å². The van der Waals surface area contributed by atoms with Gasteiger partial charge >= 0.3 is 0 Å². The highest BCUT2D eigenvalue weighted by molar-refractivity contribution is 6.13. The van der Waals surface area contributed by atoms with Crippen molar-refractivity contribution < 1.29 is 4.57 Å². The number of benzene rings is 4. The molecule has 1 aromatic heterocycles.